The number of methoxy groups -OCH3 is 1. The van der Waals surface area contributed by atoms with Crippen molar-refractivity contribution in [3.05, 3.63) is 60.1 Å². The van der Waals surface area contributed by atoms with Crippen LogP contribution in [0.3, 0.4) is 0 Å². The molecule has 0 radical (unpaired) electrons. The molecule has 0 spiro atoms. The molecule has 4 aromatic rings. The van der Waals surface area contributed by atoms with Crippen molar-refractivity contribution in [1.82, 2.24) is 39.4 Å². The number of nitrogens with zero attached hydrogens (tertiary/aromatic N) is 9. The molecule has 3 aromatic heterocycles. The van der Waals surface area contributed by atoms with Gasteiger partial charge in [0, 0.05) is 43.4 Å². The molecule has 1 aromatic carbocycles. The molecule has 0 bridgehead atoms. The molecule has 15 heteroatoms. The molecular formula is C32H36F3N9O3. The zero-order valence-electron chi connectivity index (χ0n) is 26.4. The number of benzene rings is 1. The summed E-state index contributed by atoms with van der Waals surface area (Å²) in [6.45, 7) is 6.62. The predicted octanol–water partition coefficient (Wildman–Crippen LogP) is 4.59. The highest BCUT2D eigenvalue weighted by Crippen LogP contribution is 2.44. The van der Waals surface area contributed by atoms with Crippen LogP contribution in [-0.4, -0.2) is 91.7 Å². The lowest BCUT2D eigenvalue weighted by molar-refractivity contribution is -0.141. The zero-order valence-corrected chi connectivity index (χ0v) is 26.4. The molecule has 1 saturated carbocycles. The summed E-state index contributed by atoms with van der Waals surface area (Å²) >= 11 is 0. The number of rotatable bonds is 12. The van der Waals surface area contributed by atoms with Crippen molar-refractivity contribution < 1.29 is 27.4 Å². The Labute approximate surface area is 270 Å². The minimum atomic E-state index is -4.55. The number of hydrogen-bond donors (Lipinski definition) is 0. The van der Waals surface area contributed by atoms with Gasteiger partial charge >= 0.3 is 6.18 Å². The second kappa shape index (κ2) is 13.7. The fraction of sp³-hybridized carbons (Fsp3) is 0.469. The van der Waals surface area contributed by atoms with Gasteiger partial charge in [-0.25, -0.2) is 24.9 Å². The van der Waals surface area contributed by atoms with Crippen LogP contribution in [0.25, 0.3) is 22.8 Å². The SMILES string of the molecule is COc1ncnc(C2CC2)c1-c1ncnc(N(CC(=O)CN2CCOCC2)Cc2ccc(-c3nc(C(F)(F)F)cn3C(C)C)cc2)n1. The first kappa shape index (κ1) is 32.4. The molecule has 12 nitrogen and oxygen atoms in total. The van der Waals surface area contributed by atoms with E-state index in [0.29, 0.717) is 49.1 Å². The molecule has 0 amide bonds. The van der Waals surface area contributed by atoms with Crippen molar-refractivity contribution in [2.75, 3.05) is 51.4 Å². The summed E-state index contributed by atoms with van der Waals surface area (Å²) in [5.74, 6) is 1.46. The van der Waals surface area contributed by atoms with E-state index in [2.05, 4.69) is 29.8 Å². The number of ether oxygens (including phenoxy) is 2. The van der Waals surface area contributed by atoms with Gasteiger partial charge in [0.1, 0.15) is 24.0 Å². The highest BCUT2D eigenvalue weighted by atomic mass is 19.4. The number of alkyl halides is 3. The third-order valence-corrected chi connectivity index (χ3v) is 8.10. The maximum absolute atomic E-state index is 13.5. The summed E-state index contributed by atoms with van der Waals surface area (Å²) in [4.78, 5) is 43.5. The molecule has 0 unspecified atom stereocenters. The maximum Gasteiger partial charge on any atom is 0.434 e. The molecule has 2 fully saturated rings. The first-order valence-corrected chi connectivity index (χ1v) is 15.5. The second-order valence-corrected chi connectivity index (χ2v) is 12.0. The molecule has 1 saturated heterocycles. The average molecular weight is 652 g/mol. The number of Topliss-reactive ketones (excluding diaryl/α,β-unsaturated/α-hetero) is 1. The van der Waals surface area contributed by atoms with Crippen molar-refractivity contribution in [1.29, 1.82) is 0 Å². The Balaban J connectivity index is 1.30. The summed E-state index contributed by atoms with van der Waals surface area (Å²) in [6, 6.07) is 6.86. The molecule has 1 aliphatic heterocycles. The summed E-state index contributed by atoms with van der Waals surface area (Å²) in [5.41, 5.74) is 1.81. The number of morpholine rings is 1. The van der Waals surface area contributed by atoms with Gasteiger partial charge in [-0.1, -0.05) is 24.3 Å². The number of carbonyl (C=O) groups is 1. The molecular weight excluding hydrogens is 615 g/mol. The van der Waals surface area contributed by atoms with Crippen LogP contribution in [0.2, 0.25) is 0 Å². The van der Waals surface area contributed by atoms with Gasteiger partial charge in [0.2, 0.25) is 11.8 Å². The van der Waals surface area contributed by atoms with Crippen molar-refractivity contribution in [2.24, 2.45) is 0 Å². The Morgan fingerprint density at radius 2 is 1.77 bits per heavy atom. The van der Waals surface area contributed by atoms with Gasteiger partial charge in [-0.05, 0) is 32.3 Å². The zero-order chi connectivity index (χ0) is 33.1. The molecule has 2 aliphatic rings. The molecule has 47 heavy (non-hydrogen) atoms. The molecule has 6 rings (SSSR count). The van der Waals surface area contributed by atoms with E-state index in [1.54, 1.807) is 30.9 Å². The Hall–Kier alpha value is -4.50. The first-order valence-electron chi connectivity index (χ1n) is 15.5. The molecule has 0 atom stereocenters. The van der Waals surface area contributed by atoms with Crippen LogP contribution in [0.15, 0.2) is 43.1 Å². The summed E-state index contributed by atoms with van der Waals surface area (Å²) in [6.07, 6.45) is 1.34. The Bertz CT molecular complexity index is 1700. The number of ketones is 1. The van der Waals surface area contributed by atoms with E-state index >= 15 is 0 Å². The minimum Gasteiger partial charge on any atom is -0.480 e. The topological polar surface area (TPSA) is 124 Å². The van der Waals surface area contributed by atoms with Gasteiger partial charge in [-0.2, -0.15) is 18.2 Å². The fourth-order valence-electron chi connectivity index (χ4n) is 5.56. The van der Waals surface area contributed by atoms with Crippen molar-refractivity contribution >= 4 is 11.7 Å². The van der Waals surface area contributed by atoms with Crippen LogP contribution in [-0.2, 0) is 22.3 Å². The quantitative estimate of drug-likeness (QED) is 0.214. The lowest BCUT2D eigenvalue weighted by Crippen LogP contribution is -2.42. The van der Waals surface area contributed by atoms with Gasteiger partial charge in [-0.15, -0.1) is 0 Å². The number of aromatic nitrogens is 7. The standard InChI is InChI=1S/C32H36F3N9O3/c1-20(2)44-17-25(32(33,34)35)40-29(44)23-6-4-21(5-7-23)14-43(16-24(45)15-42-10-12-47-13-11-42)31-39-19-37-28(41-31)26-27(22-8-9-22)36-18-38-30(26)46-3/h4-7,17-20,22H,8-16H2,1-3H3. The van der Waals surface area contributed by atoms with Crippen LogP contribution in [0.1, 0.15) is 55.6 Å². The fourth-order valence-corrected chi connectivity index (χ4v) is 5.56. The molecule has 0 N–H and O–H groups in total. The van der Waals surface area contributed by atoms with E-state index in [0.717, 1.165) is 30.3 Å². The number of imidazole rings is 1. The highest BCUT2D eigenvalue weighted by Gasteiger charge is 2.35. The maximum atomic E-state index is 13.5. The molecule has 1 aliphatic carbocycles. The van der Waals surface area contributed by atoms with Crippen molar-refractivity contribution in [3.8, 4) is 28.7 Å². The second-order valence-electron chi connectivity index (χ2n) is 12.0. The third-order valence-electron chi connectivity index (χ3n) is 8.10. The van der Waals surface area contributed by atoms with E-state index in [-0.39, 0.29) is 49.2 Å². The van der Waals surface area contributed by atoms with Crippen LogP contribution in [0, 0.1) is 0 Å². The largest absolute Gasteiger partial charge is 0.480 e. The van der Waals surface area contributed by atoms with Crippen LogP contribution in [0.5, 0.6) is 5.88 Å². The Kier molecular flexibility index (Phi) is 9.45. The normalized spacial score (nSPS) is 15.6. The summed E-state index contributed by atoms with van der Waals surface area (Å²) in [7, 11) is 1.53. The van der Waals surface area contributed by atoms with Crippen molar-refractivity contribution in [3.63, 3.8) is 0 Å². The monoisotopic (exact) mass is 651 g/mol. The summed E-state index contributed by atoms with van der Waals surface area (Å²) < 4.78 is 52.9. The lowest BCUT2D eigenvalue weighted by atomic mass is 10.1. The Morgan fingerprint density at radius 1 is 1.04 bits per heavy atom. The first-order chi connectivity index (χ1) is 22.6. The van der Waals surface area contributed by atoms with E-state index in [1.165, 1.54) is 24.3 Å². The molecule has 4 heterocycles. The smallest absolute Gasteiger partial charge is 0.434 e. The van der Waals surface area contributed by atoms with Gasteiger partial charge in [0.25, 0.3) is 0 Å². The average Bonchev–Trinajstić information content (AvgIpc) is 3.81. The Morgan fingerprint density at radius 3 is 2.43 bits per heavy atom. The third kappa shape index (κ3) is 7.57. The number of halogens is 3. The number of hydrogen-bond acceptors (Lipinski definition) is 11. The summed E-state index contributed by atoms with van der Waals surface area (Å²) in [5, 5.41) is 0. The van der Waals surface area contributed by atoms with Crippen molar-refractivity contribution in [2.45, 2.75) is 51.4 Å². The highest BCUT2D eigenvalue weighted by molar-refractivity contribution is 5.85. The minimum absolute atomic E-state index is 0.0210. The lowest BCUT2D eigenvalue weighted by Gasteiger charge is -2.28. The van der Waals surface area contributed by atoms with Gasteiger partial charge in [-0.3, -0.25) is 9.69 Å². The van der Waals surface area contributed by atoms with E-state index in [9.17, 15) is 18.0 Å². The molecule has 248 valence electrons. The van der Waals surface area contributed by atoms with Crippen LogP contribution >= 0.6 is 0 Å². The number of anilines is 1. The van der Waals surface area contributed by atoms with E-state index < -0.39 is 11.9 Å². The van der Waals surface area contributed by atoms with Gasteiger partial charge in [0.15, 0.2) is 17.3 Å². The van der Waals surface area contributed by atoms with Crippen LogP contribution < -0.4 is 9.64 Å². The predicted molar refractivity (Wildman–Crippen MR) is 166 cm³/mol. The van der Waals surface area contributed by atoms with E-state index in [4.69, 9.17) is 14.5 Å². The van der Waals surface area contributed by atoms with E-state index in [1.807, 2.05) is 12.1 Å². The number of carbonyl (C=O) groups excluding carboxylic acids is 1. The van der Waals surface area contributed by atoms with Gasteiger partial charge < -0.3 is 18.9 Å². The van der Waals surface area contributed by atoms with Crippen LogP contribution in [0.4, 0.5) is 19.1 Å². The van der Waals surface area contributed by atoms with Gasteiger partial charge in [0.05, 0.1) is 39.1 Å².